The molecule has 4 aromatic rings. The van der Waals surface area contributed by atoms with E-state index in [9.17, 15) is 9.59 Å². The van der Waals surface area contributed by atoms with E-state index in [1.807, 2.05) is 72.1 Å². The van der Waals surface area contributed by atoms with Crippen molar-refractivity contribution in [2.45, 2.75) is 19.8 Å². The van der Waals surface area contributed by atoms with Gasteiger partial charge < -0.3 is 9.15 Å². The predicted molar refractivity (Wildman–Crippen MR) is 126 cm³/mol. The van der Waals surface area contributed by atoms with E-state index in [4.69, 9.17) is 9.15 Å². The molecule has 0 unspecified atom stereocenters. The Morgan fingerprint density at radius 1 is 0.970 bits per heavy atom. The molecule has 0 atom stereocenters. The van der Waals surface area contributed by atoms with Crippen LogP contribution in [-0.4, -0.2) is 23.4 Å². The molecular formula is C25H23N3O4S. The van der Waals surface area contributed by atoms with Crippen molar-refractivity contribution >= 4 is 23.2 Å². The summed E-state index contributed by atoms with van der Waals surface area (Å²) < 4.78 is 11.3. The number of ether oxygens (including phenoxy) is 1. The van der Waals surface area contributed by atoms with E-state index in [1.165, 1.54) is 11.3 Å². The van der Waals surface area contributed by atoms with Crippen LogP contribution in [0.4, 0.5) is 0 Å². The van der Waals surface area contributed by atoms with Gasteiger partial charge >= 0.3 is 0 Å². The first-order valence-electron chi connectivity index (χ1n) is 10.4. The molecule has 0 aliphatic heterocycles. The number of nitrogens with one attached hydrogen (secondary N) is 2. The Hall–Kier alpha value is -3.91. The van der Waals surface area contributed by atoms with Crippen molar-refractivity contribution in [2.75, 3.05) is 6.61 Å². The number of carbonyl (C=O) groups excluding carboxylic acids is 2. The topological polar surface area (TPSA) is 93.5 Å². The minimum atomic E-state index is -0.464. The van der Waals surface area contributed by atoms with E-state index in [-0.39, 0.29) is 13.0 Å². The van der Waals surface area contributed by atoms with Crippen LogP contribution in [0.25, 0.3) is 10.8 Å². The largest absolute Gasteiger partial charge is 0.483 e. The highest BCUT2D eigenvalue weighted by Crippen LogP contribution is 2.26. The number of aryl methyl sites for hydroxylation is 1. The Kier molecular flexibility index (Phi) is 7.16. The van der Waals surface area contributed by atoms with Crippen LogP contribution < -0.4 is 15.6 Å². The van der Waals surface area contributed by atoms with Gasteiger partial charge in [0.25, 0.3) is 5.91 Å². The summed E-state index contributed by atoms with van der Waals surface area (Å²) in [7, 11) is 0. The van der Waals surface area contributed by atoms with Crippen LogP contribution >= 0.6 is 11.3 Å². The van der Waals surface area contributed by atoms with Gasteiger partial charge in [0.1, 0.15) is 11.5 Å². The van der Waals surface area contributed by atoms with Crippen LogP contribution in [0, 0.1) is 6.92 Å². The number of amides is 2. The molecule has 8 heteroatoms. The molecule has 2 N–H and O–H groups in total. The average molecular weight is 462 g/mol. The standard InChI is InChI=1S/C25H23N3O4S/c1-17-20(26-25(32-17)22-12-7-13-33-22)15-23(29)27-28-24(30)16-31-21-11-6-5-10-19(21)14-18-8-3-2-4-9-18/h2-13H,14-16H2,1H3,(H,27,29)(H,28,30). The molecule has 0 saturated carbocycles. The molecule has 0 aliphatic carbocycles. The Bertz CT molecular complexity index is 1220. The number of carbonyl (C=O) groups is 2. The molecule has 0 aliphatic rings. The number of aromatic nitrogens is 1. The molecule has 2 amide bonds. The molecule has 0 fully saturated rings. The zero-order valence-corrected chi connectivity index (χ0v) is 18.9. The smallest absolute Gasteiger partial charge is 0.276 e. The van der Waals surface area contributed by atoms with Gasteiger partial charge in [0.05, 0.1) is 17.0 Å². The van der Waals surface area contributed by atoms with Crippen LogP contribution in [0.1, 0.15) is 22.6 Å². The first kappa shape index (κ1) is 22.3. The van der Waals surface area contributed by atoms with Crippen molar-refractivity contribution in [1.82, 2.24) is 15.8 Å². The highest BCUT2D eigenvalue weighted by atomic mass is 32.1. The lowest BCUT2D eigenvalue weighted by molar-refractivity contribution is -0.129. The van der Waals surface area contributed by atoms with Crippen molar-refractivity contribution in [2.24, 2.45) is 0 Å². The Labute approximate surface area is 195 Å². The summed E-state index contributed by atoms with van der Waals surface area (Å²) in [5.41, 5.74) is 7.42. The number of hydrogen-bond acceptors (Lipinski definition) is 6. The Morgan fingerprint density at radius 3 is 2.52 bits per heavy atom. The summed E-state index contributed by atoms with van der Waals surface area (Å²) in [5.74, 6) is 0.813. The fourth-order valence-corrected chi connectivity index (χ4v) is 3.87. The normalized spacial score (nSPS) is 10.6. The third kappa shape index (κ3) is 6.08. The summed E-state index contributed by atoms with van der Waals surface area (Å²) in [6.45, 7) is 1.53. The van der Waals surface area contributed by atoms with E-state index in [0.29, 0.717) is 29.5 Å². The van der Waals surface area contributed by atoms with Gasteiger partial charge in [-0.2, -0.15) is 0 Å². The van der Waals surface area contributed by atoms with Gasteiger partial charge in [-0.3, -0.25) is 20.4 Å². The van der Waals surface area contributed by atoms with Crippen molar-refractivity contribution in [3.63, 3.8) is 0 Å². The average Bonchev–Trinajstić information content (AvgIpc) is 3.48. The number of rotatable bonds is 8. The van der Waals surface area contributed by atoms with Crippen molar-refractivity contribution < 1.29 is 18.7 Å². The summed E-state index contributed by atoms with van der Waals surface area (Å²) in [4.78, 5) is 29.7. The van der Waals surface area contributed by atoms with E-state index < -0.39 is 11.8 Å². The molecule has 168 valence electrons. The molecule has 7 nitrogen and oxygen atoms in total. The van der Waals surface area contributed by atoms with E-state index in [2.05, 4.69) is 15.8 Å². The Balaban J connectivity index is 1.26. The molecule has 33 heavy (non-hydrogen) atoms. The predicted octanol–water partition coefficient (Wildman–Crippen LogP) is 4.07. The van der Waals surface area contributed by atoms with E-state index in [0.717, 1.165) is 16.0 Å². The molecule has 0 saturated heterocycles. The summed E-state index contributed by atoms with van der Waals surface area (Å²) >= 11 is 1.51. The van der Waals surface area contributed by atoms with Crippen LogP contribution in [-0.2, 0) is 22.4 Å². The van der Waals surface area contributed by atoms with Gasteiger partial charge in [-0.05, 0) is 35.6 Å². The second-order valence-corrected chi connectivity index (χ2v) is 8.28. The molecule has 4 rings (SSSR count). The first-order chi connectivity index (χ1) is 16.1. The lowest BCUT2D eigenvalue weighted by Gasteiger charge is -2.12. The monoisotopic (exact) mass is 461 g/mol. The molecular weight excluding hydrogens is 438 g/mol. The molecule has 2 heterocycles. The van der Waals surface area contributed by atoms with Crippen molar-refractivity contribution in [3.05, 3.63) is 94.7 Å². The Morgan fingerprint density at radius 2 is 1.73 bits per heavy atom. The van der Waals surface area contributed by atoms with Gasteiger partial charge in [0.2, 0.25) is 11.8 Å². The fraction of sp³-hybridized carbons (Fsp3) is 0.160. The highest BCUT2D eigenvalue weighted by Gasteiger charge is 2.16. The fourth-order valence-electron chi connectivity index (χ4n) is 3.22. The van der Waals surface area contributed by atoms with Crippen LogP contribution in [0.3, 0.4) is 0 Å². The van der Waals surface area contributed by atoms with E-state index >= 15 is 0 Å². The minimum absolute atomic E-state index is 0.0121. The third-order valence-electron chi connectivity index (χ3n) is 4.86. The number of benzene rings is 2. The number of hydrazine groups is 1. The second kappa shape index (κ2) is 10.6. The van der Waals surface area contributed by atoms with Gasteiger partial charge in [0, 0.05) is 6.42 Å². The summed E-state index contributed by atoms with van der Waals surface area (Å²) in [6.07, 6.45) is 0.682. The zero-order chi connectivity index (χ0) is 23.0. The van der Waals surface area contributed by atoms with Gasteiger partial charge in [0.15, 0.2) is 6.61 Å². The maximum atomic E-state index is 12.3. The number of hydrogen-bond donors (Lipinski definition) is 2. The van der Waals surface area contributed by atoms with Crippen molar-refractivity contribution in [1.29, 1.82) is 0 Å². The SMILES string of the molecule is Cc1oc(-c2cccs2)nc1CC(=O)NNC(=O)COc1ccccc1Cc1ccccc1. The number of oxazole rings is 1. The maximum Gasteiger partial charge on any atom is 0.276 e. The lowest BCUT2D eigenvalue weighted by atomic mass is 10.0. The zero-order valence-electron chi connectivity index (χ0n) is 18.0. The summed E-state index contributed by atoms with van der Waals surface area (Å²) in [5, 5.41) is 1.93. The van der Waals surface area contributed by atoms with E-state index in [1.54, 1.807) is 6.92 Å². The molecule has 0 bridgehead atoms. The molecule has 2 aromatic carbocycles. The summed E-state index contributed by atoms with van der Waals surface area (Å²) in [6, 6.07) is 21.4. The molecule has 0 radical (unpaired) electrons. The first-order valence-corrected chi connectivity index (χ1v) is 11.3. The van der Waals surface area contributed by atoms with Crippen LogP contribution in [0.15, 0.2) is 76.5 Å². The maximum absolute atomic E-state index is 12.3. The van der Waals surface area contributed by atoms with Gasteiger partial charge in [-0.1, -0.05) is 54.6 Å². The van der Waals surface area contributed by atoms with Crippen LogP contribution in [0.2, 0.25) is 0 Å². The van der Waals surface area contributed by atoms with Gasteiger partial charge in [-0.15, -0.1) is 11.3 Å². The minimum Gasteiger partial charge on any atom is -0.483 e. The number of para-hydroxylation sites is 1. The van der Waals surface area contributed by atoms with Crippen LogP contribution in [0.5, 0.6) is 5.75 Å². The number of nitrogens with zero attached hydrogens (tertiary/aromatic N) is 1. The second-order valence-electron chi connectivity index (χ2n) is 7.33. The van der Waals surface area contributed by atoms with Crippen molar-refractivity contribution in [3.8, 4) is 16.5 Å². The molecule has 2 aromatic heterocycles. The quantitative estimate of drug-likeness (QED) is 0.386. The molecule has 0 spiro atoms. The number of thiophene rings is 1. The highest BCUT2D eigenvalue weighted by molar-refractivity contribution is 7.13. The van der Waals surface area contributed by atoms with Gasteiger partial charge in [-0.25, -0.2) is 4.98 Å². The lowest BCUT2D eigenvalue weighted by Crippen LogP contribution is -2.44. The third-order valence-corrected chi connectivity index (χ3v) is 5.72.